The van der Waals surface area contributed by atoms with Crippen molar-refractivity contribution < 1.29 is 14.6 Å². The molecule has 0 saturated carbocycles. The van der Waals surface area contributed by atoms with E-state index in [2.05, 4.69) is 30.8 Å². The van der Waals surface area contributed by atoms with Crippen LogP contribution in [-0.2, 0) is 4.74 Å². The lowest BCUT2D eigenvalue weighted by molar-refractivity contribution is 0.0601. The molecule has 0 amide bonds. The number of hydrogen-bond acceptors (Lipinski definition) is 9. The summed E-state index contributed by atoms with van der Waals surface area (Å²) in [6, 6.07) is 10.4. The van der Waals surface area contributed by atoms with E-state index in [0.29, 0.717) is 28.7 Å². The lowest BCUT2D eigenvalue weighted by Gasteiger charge is -2.30. The molecule has 0 aliphatic carbocycles. The summed E-state index contributed by atoms with van der Waals surface area (Å²) in [7, 11) is 1.37. The molecule has 4 N–H and O–H groups in total. The smallest absolute Gasteiger partial charge is 0.340 e. The number of halogens is 1. The largest absolute Gasteiger partial charge is 0.506 e. The van der Waals surface area contributed by atoms with E-state index in [0.717, 1.165) is 37.4 Å². The number of carbonyl (C=O) groups is 1. The van der Waals surface area contributed by atoms with Gasteiger partial charge < -0.3 is 30.7 Å². The summed E-state index contributed by atoms with van der Waals surface area (Å²) in [5.41, 5.74) is 3.43. The topological polar surface area (TPSA) is 112 Å². The second-order valence-corrected chi connectivity index (χ2v) is 8.01. The first kappa shape index (κ1) is 22.6. The van der Waals surface area contributed by atoms with Gasteiger partial charge in [0.15, 0.2) is 0 Å². The van der Waals surface area contributed by atoms with Gasteiger partial charge in [0.05, 0.1) is 23.4 Å². The van der Waals surface area contributed by atoms with Crippen LogP contribution in [0, 0.1) is 6.92 Å². The molecule has 2 heterocycles. The standard InChI is InChI=1S/C23H25ClN6O3/c1-14-13-26-23(29-21(14)27-16-3-5-18(24)20(31)12-16)28-15-4-6-19(17(11-15)22(32)33-2)30-9-7-25-8-10-30/h3-6,11-13,25,31H,7-10H2,1-2H3,(H2,26,27,28,29). The normalized spacial score (nSPS) is 13.5. The van der Waals surface area contributed by atoms with Crippen LogP contribution in [0.15, 0.2) is 42.6 Å². The summed E-state index contributed by atoms with van der Waals surface area (Å²) in [5.74, 6) is 0.500. The van der Waals surface area contributed by atoms with Crippen LogP contribution >= 0.6 is 11.6 Å². The van der Waals surface area contributed by atoms with Crippen molar-refractivity contribution in [3.63, 3.8) is 0 Å². The lowest BCUT2D eigenvalue weighted by Crippen LogP contribution is -2.44. The zero-order valence-corrected chi connectivity index (χ0v) is 19.1. The van der Waals surface area contributed by atoms with E-state index in [4.69, 9.17) is 16.3 Å². The lowest BCUT2D eigenvalue weighted by atomic mass is 10.1. The molecule has 0 bridgehead atoms. The number of aromatic hydroxyl groups is 1. The number of nitrogens with zero attached hydrogens (tertiary/aromatic N) is 3. The fraction of sp³-hybridized carbons (Fsp3) is 0.261. The maximum absolute atomic E-state index is 12.5. The van der Waals surface area contributed by atoms with E-state index in [1.165, 1.54) is 13.2 Å². The maximum Gasteiger partial charge on any atom is 0.340 e. The van der Waals surface area contributed by atoms with E-state index >= 15 is 0 Å². The molecule has 4 rings (SSSR count). The molecular weight excluding hydrogens is 444 g/mol. The molecule has 33 heavy (non-hydrogen) atoms. The molecular formula is C23H25ClN6O3. The summed E-state index contributed by atoms with van der Waals surface area (Å²) < 4.78 is 5.01. The second-order valence-electron chi connectivity index (χ2n) is 7.60. The quantitative estimate of drug-likeness (QED) is 0.401. The number of anilines is 5. The van der Waals surface area contributed by atoms with E-state index in [1.807, 2.05) is 19.1 Å². The fourth-order valence-electron chi connectivity index (χ4n) is 3.55. The Kier molecular flexibility index (Phi) is 6.81. The Labute approximate surface area is 196 Å². The minimum Gasteiger partial charge on any atom is -0.506 e. The molecule has 1 aliphatic heterocycles. The molecule has 9 nitrogen and oxygen atoms in total. The number of phenolic OH excluding ortho intramolecular Hbond substituents is 1. The first-order valence-electron chi connectivity index (χ1n) is 10.5. The molecule has 0 spiro atoms. The van der Waals surface area contributed by atoms with E-state index in [1.54, 1.807) is 24.4 Å². The summed E-state index contributed by atoms with van der Waals surface area (Å²) in [6.45, 7) is 5.22. The van der Waals surface area contributed by atoms with Gasteiger partial charge in [-0.25, -0.2) is 9.78 Å². The fourth-order valence-corrected chi connectivity index (χ4v) is 3.67. The van der Waals surface area contributed by atoms with Crippen molar-refractivity contribution in [1.82, 2.24) is 15.3 Å². The highest BCUT2D eigenvalue weighted by molar-refractivity contribution is 6.32. The molecule has 1 fully saturated rings. The number of nitrogens with one attached hydrogen (secondary N) is 3. The third kappa shape index (κ3) is 5.27. The number of hydrogen-bond donors (Lipinski definition) is 4. The van der Waals surface area contributed by atoms with Crippen LogP contribution in [0.2, 0.25) is 5.02 Å². The number of piperazine rings is 1. The minimum atomic E-state index is -0.401. The third-order valence-electron chi connectivity index (χ3n) is 5.30. The van der Waals surface area contributed by atoms with Crippen LogP contribution in [0.25, 0.3) is 0 Å². The number of carbonyl (C=O) groups excluding carboxylic acids is 1. The van der Waals surface area contributed by atoms with Crippen LogP contribution in [-0.4, -0.2) is 54.3 Å². The molecule has 172 valence electrons. The molecule has 2 aromatic carbocycles. The van der Waals surface area contributed by atoms with Crippen LogP contribution < -0.4 is 20.9 Å². The molecule has 10 heteroatoms. The number of benzene rings is 2. The van der Waals surface area contributed by atoms with Crippen molar-refractivity contribution in [1.29, 1.82) is 0 Å². The number of esters is 1. The van der Waals surface area contributed by atoms with Crippen molar-refractivity contribution >= 4 is 46.4 Å². The Bertz CT molecular complexity index is 1170. The molecule has 1 aliphatic rings. The zero-order valence-electron chi connectivity index (χ0n) is 18.4. The first-order valence-corrected chi connectivity index (χ1v) is 10.9. The van der Waals surface area contributed by atoms with Crippen molar-refractivity contribution in [2.45, 2.75) is 6.92 Å². The average Bonchev–Trinajstić information content (AvgIpc) is 2.83. The highest BCUT2D eigenvalue weighted by atomic mass is 35.5. The predicted octanol–water partition coefficient (Wildman–Crippen LogP) is 3.83. The number of methoxy groups -OCH3 is 1. The molecule has 0 atom stereocenters. The van der Waals surface area contributed by atoms with Gasteiger partial charge in [-0.05, 0) is 37.3 Å². The monoisotopic (exact) mass is 468 g/mol. The molecule has 3 aromatic rings. The maximum atomic E-state index is 12.5. The van der Waals surface area contributed by atoms with E-state index in [-0.39, 0.29) is 10.8 Å². The summed E-state index contributed by atoms with van der Waals surface area (Å²) >= 11 is 5.88. The molecule has 0 radical (unpaired) electrons. The molecule has 0 unspecified atom stereocenters. The van der Waals surface area contributed by atoms with Crippen LogP contribution in [0.1, 0.15) is 15.9 Å². The van der Waals surface area contributed by atoms with Gasteiger partial charge in [-0.2, -0.15) is 4.98 Å². The van der Waals surface area contributed by atoms with Crippen LogP contribution in [0.3, 0.4) is 0 Å². The number of phenols is 1. The molecule has 1 saturated heterocycles. The Morgan fingerprint density at radius 3 is 2.61 bits per heavy atom. The number of rotatable bonds is 6. The van der Waals surface area contributed by atoms with E-state index in [9.17, 15) is 9.90 Å². The number of ether oxygens (including phenoxy) is 1. The second kappa shape index (κ2) is 9.93. The summed E-state index contributed by atoms with van der Waals surface area (Å²) in [5, 5.41) is 19.7. The van der Waals surface area contributed by atoms with E-state index < -0.39 is 5.97 Å². The Morgan fingerprint density at radius 2 is 1.88 bits per heavy atom. The highest BCUT2D eigenvalue weighted by Gasteiger charge is 2.20. The van der Waals surface area contributed by atoms with Gasteiger partial charge in [0, 0.05) is 55.4 Å². The minimum absolute atomic E-state index is 0.0216. The van der Waals surface area contributed by atoms with Gasteiger partial charge in [-0.3, -0.25) is 0 Å². The number of aromatic nitrogens is 2. The Hall–Kier alpha value is -3.56. The number of aryl methyl sites for hydroxylation is 1. The summed E-state index contributed by atoms with van der Waals surface area (Å²) in [4.78, 5) is 23.5. The van der Waals surface area contributed by atoms with Crippen molar-refractivity contribution in [3.05, 3.63) is 58.7 Å². The van der Waals surface area contributed by atoms with Crippen molar-refractivity contribution in [3.8, 4) is 5.75 Å². The molecule has 1 aromatic heterocycles. The summed E-state index contributed by atoms with van der Waals surface area (Å²) in [6.07, 6.45) is 1.68. The van der Waals surface area contributed by atoms with Gasteiger partial charge >= 0.3 is 5.97 Å². The van der Waals surface area contributed by atoms with Gasteiger partial charge in [0.1, 0.15) is 11.6 Å². The average molecular weight is 469 g/mol. The zero-order chi connectivity index (χ0) is 23.4. The Morgan fingerprint density at radius 1 is 1.15 bits per heavy atom. The first-order chi connectivity index (χ1) is 15.9. The SMILES string of the molecule is COC(=O)c1cc(Nc2ncc(C)c(Nc3ccc(Cl)c(O)c3)n2)ccc1N1CCNCC1. The van der Waals surface area contributed by atoms with Crippen LogP contribution in [0.4, 0.5) is 28.8 Å². The van der Waals surface area contributed by atoms with Crippen molar-refractivity contribution in [2.24, 2.45) is 0 Å². The Balaban J connectivity index is 1.58. The third-order valence-corrected chi connectivity index (χ3v) is 5.62. The van der Waals surface area contributed by atoms with Crippen molar-refractivity contribution in [2.75, 3.05) is 48.8 Å². The van der Waals surface area contributed by atoms with Gasteiger partial charge in [-0.1, -0.05) is 11.6 Å². The highest BCUT2D eigenvalue weighted by Crippen LogP contribution is 2.30. The van der Waals surface area contributed by atoms with Gasteiger partial charge in [0.2, 0.25) is 5.95 Å². The predicted molar refractivity (Wildman–Crippen MR) is 129 cm³/mol. The van der Waals surface area contributed by atoms with Gasteiger partial charge in [0.25, 0.3) is 0 Å². The van der Waals surface area contributed by atoms with Crippen LogP contribution in [0.5, 0.6) is 5.75 Å². The van der Waals surface area contributed by atoms with Gasteiger partial charge in [-0.15, -0.1) is 0 Å².